The molecule has 0 aliphatic heterocycles. The maximum atomic E-state index is 8.85. The Balaban J connectivity index is 0. The van der Waals surface area contributed by atoms with Crippen molar-refractivity contribution >= 4 is 24.0 Å². The first-order valence-corrected chi connectivity index (χ1v) is 2.84. The molecular weight excluding hydrogens is 249 g/mol. The van der Waals surface area contributed by atoms with E-state index in [2.05, 4.69) is 5.32 Å². The van der Waals surface area contributed by atoms with Gasteiger partial charge in [0.25, 0.3) is 0 Å². The Kier molecular flexibility index (Phi) is 10.1. The van der Waals surface area contributed by atoms with Gasteiger partial charge in [0.15, 0.2) is 0 Å². The van der Waals surface area contributed by atoms with Gasteiger partial charge in [0, 0.05) is 6.54 Å². The Morgan fingerprint density at radius 3 is 2.10 bits per heavy atom. The van der Waals surface area contributed by atoms with Crippen LogP contribution in [0.3, 0.4) is 0 Å². The molecule has 2 atom stereocenters. The molecule has 10 heavy (non-hydrogen) atoms. The number of likely N-dealkylation sites (N-methyl/N-ethyl adjacent to an activating group) is 1. The van der Waals surface area contributed by atoms with Gasteiger partial charge in [-0.1, -0.05) is 0 Å². The van der Waals surface area contributed by atoms with Gasteiger partial charge in [-0.25, -0.2) is 0 Å². The second kappa shape index (κ2) is 7.67. The van der Waals surface area contributed by atoms with Crippen LogP contribution in [0.25, 0.3) is 0 Å². The highest BCUT2D eigenvalue weighted by atomic mass is 127. The Morgan fingerprint density at radius 1 is 1.30 bits per heavy atom. The van der Waals surface area contributed by atoms with E-state index in [-0.39, 0.29) is 24.0 Å². The number of halogens is 1. The minimum absolute atomic E-state index is 0. The van der Waals surface area contributed by atoms with E-state index in [1.807, 2.05) is 0 Å². The van der Waals surface area contributed by atoms with Gasteiger partial charge < -0.3 is 20.6 Å². The summed E-state index contributed by atoms with van der Waals surface area (Å²) >= 11 is 0. The van der Waals surface area contributed by atoms with Crippen LogP contribution in [0.15, 0.2) is 0 Å². The van der Waals surface area contributed by atoms with E-state index in [4.69, 9.17) is 15.3 Å². The lowest BCUT2D eigenvalue weighted by Gasteiger charge is -2.13. The molecule has 0 saturated heterocycles. The molecule has 4 N–H and O–H groups in total. The molecule has 0 unspecified atom stereocenters. The summed E-state index contributed by atoms with van der Waals surface area (Å²) in [5.74, 6) is 0. The van der Waals surface area contributed by atoms with Crippen LogP contribution in [0.4, 0.5) is 0 Å². The SMILES string of the molecule is CNC[C@@H](O)[C@@H](O)CO.I. The quantitative estimate of drug-likeness (QED) is 0.468. The van der Waals surface area contributed by atoms with Crippen molar-refractivity contribution in [3.05, 3.63) is 0 Å². The average molecular weight is 263 g/mol. The Morgan fingerprint density at radius 2 is 1.80 bits per heavy atom. The molecule has 0 rings (SSSR count). The zero-order valence-corrected chi connectivity index (χ0v) is 8.15. The van der Waals surface area contributed by atoms with E-state index in [0.29, 0.717) is 6.54 Å². The van der Waals surface area contributed by atoms with Crippen molar-refractivity contribution in [1.82, 2.24) is 5.32 Å². The minimum atomic E-state index is -1.03. The molecular formula is C5H14INO3. The van der Waals surface area contributed by atoms with Gasteiger partial charge in [0.1, 0.15) is 6.10 Å². The van der Waals surface area contributed by atoms with Crippen molar-refractivity contribution in [2.75, 3.05) is 20.2 Å². The van der Waals surface area contributed by atoms with Gasteiger partial charge in [-0.3, -0.25) is 0 Å². The maximum absolute atomic E-state index is 8.85. The summed E-state index contributed by atoms with van der Waals surface area (Å²) in [5.41, 5.74) is 0. The van der Waals surface area contributed by atoms with Crippen LogP contribution in [-0.4, -0.2) is 47.7 Å². The molecule has 0 aromatic carbocycles. The molecule has 0 bridgehead atoms. The monoisotopic (exact) mass is 263 g/mol. The first-order chi connectivity index (χ1) is 4.22. The van der Waals surface area contributed by atoms with Gasteiger partial charge in [-0.2, -0.15) is 0 Å². The maximum Gasteiger partial charge on any atom is 0.104 e. The van der Waals surface area contributed by atoms with Crippen molar-refractivity contribution in [2.45, 2.75) is 12.2 Å². The van der Waals surface area contributed by atoms with Gasteiger partial charge in [-0.05, 0) is 7.05 Å². The number of nitrogens with one attached hydrogen (secondary N) is 1. The number of aliphatic hydroxyl groups excluding tert-OH is 3. The fourth-order valence-corrected chi connectivity index (χ4v) is 0.467. The molecule has 4 nitrogen and oxygen atoms in total. The van der Waals surface area contributed by atoms with E-state index in [0.717, 1.165) is 0 Å². The molecule has 0 aromatic heterocycles. The number of aliphatic hydroxyl groups is 3. The third kappa shape index (κ3) is 5.36. The lowest BCUT2D eigenvalue weighted by molar-refractivity contribution is -0.0120. The molecule has 0 aromatic rings. The zero-order valence-electron chi connectivity index (χ0n) is 5.82. The summed E-state index contributed by atoms with van der Waals surface area (Å²) in [7, 11) is 1.66. The molecule has 64 valence electrons. The van der Waals surface area contributed by atoms with Crippen LogP contribution in [0.1, 0.15) is 0 Å². The molecule has 0 aliphatic carbocycles. The molecule has 0 radical (unpaired) electrons. The average Bonchev–Trinajstić information content (AvgIpc) is 1.87. The number of hydrogen-bond acceptors (Lipinski definition) is 4. The third-order valence-electron chi connectivity index (χ3n) is 1.04. The predicted octanol–water partition coefficient (Wildman–Crippen LogP) is -1.46. The highest BCUT2D eigenvalue weighted by Crippen LogP contribution is 1.88. The number of hydrogen-bond donors (Lipinski definition) is 4. The van der Waals surface area contributed by atoms with Crippen LogP contribution in [0, 0.1) is 0 Å². The highest BCUT2D eigenvalue weighted by molar-refractivity contribution is 14.0. The standard InChI is InChI=1S/C5H13NO3.HI/c1-6-2-4(8)5(9)3-7;/h4-9H,2-3H2,1H3;1H/t4-,5+;/m1./s1. The summed E-state index contributed by atoms with van der Waals surface area (Å²) in [5, 5.41) is 28.5. The van der Waals surface area contributed by atoms with Crippen molar-refractivity contribution in [3.8, 4) is 0 Å². The van der Waals surface area contributed by atoms with E-state index < -0.39 is 18.8 Å². The first-order valence-electron chi connectivity index (χ1n) is 2.84. The minimum Gasteiger partial charge on any atom is -0.394 e. The third-order valence-corrected chi connectivity index (χ3v) is 1.04. The summed E-state index contributed by atoms with van der Waals surface area (Å²) in [6.07, 6.45) is -1.91. The Hall–Kier alpha value is 0.570. The lowest BCUT2D eigenvalue weighted by Crippen LogP contribution is -2.36. The van der Waals surface area contributed by atoms with Crippen LogP contribution in [-0.2, 0) is 0 Å². The first kappa shape index (κ1) is 13.2. The fourth-order valence-electron chi connectivity index (χ4n) is 0.467. The van der Waals surface area contributed by atoms with Crippen molar-refractivity contribution < 1.29 is 15.3 Å². The van der Waals surface area contributed by atoms with Gasteiger partial charge in [0.2, 0.25) is 0 Å². The second-order valence-electron chi connectivity index (χ2n) is 1.87. The normalized spacial score (nSPS) is 15.6. The van der Waals surface area contributed by atoms with Crippen molar-refractivity contribution in [1.29, 1.82) is 0 Å². The van der Waals surface area contributed by atoms with Crippen molar-refractivity contribution in [2.24, 2.45) is 0 Å². The van der Waals surface area contributed by atoms with E-state index >= 15 is 0 Å². The molecule has 0 saturated carbocycles. The Bertz CT molecular complexity index is 73.9. The van der Waals surface area contributed by atoms with Crippen LogP contribution in [0.2, 0.25) is 0 Å². The van der Waals surface area contributed by atoms with Crippen molar-refractivity contribution in [3.63, 3.8) is 0 Å². The smallest absolute Gasteiger partial charge is 0.104 e. The highest BCUT2D eigenvalue weighted by Gasteiger charge is 2.12. The molecule has 5 heteroatoms. The van der Waals surface area contributed by atoms with E-state index in [1.54, 1.807) is 7.05 Å². The fraction of sp³-hybridized carbons (Fsp3) is 1.00. The molecule has 0 spiro atoms. The Labute approximate surface area is 77.3 Å². The van der Waals surface area contributed by atoms with Gasteiger partial charge in [-0.15, -0.1) is 24.0 Å². The summed E-state index contributed by atoms with van der Waals surface area (Å²) < 4.78 is 0. The predicted molar refractivity (Wildman–Crippen MR) is 48.4 cm³/mol. The summed E-state index contributed by atoms with van der Waals surface area (Å²) in [6.45, 7) is -0.107. The lowest BCUT2D eigenvalue weighted by atomic mass is 10.2. The summed E-state index contributed by atoms with van der Waals surface area (Å²) in [4.78, 5) is 0. The topological polar surface area (TPSA) is 72.7 Å². The van der Waals surface area contributed by atoms with Gasteiger partial charge >= 0.3 is 0 Å². The molecule has 0 heterocycles. The number of rotatable bonds is 4. The summed E-state index contributed by atoms with van der Waals surface area (Å²) in [6, 6.07) is 0. The van der Waals surface area contributed by atoms with Gasteiger partial charge in [0.05, 0.1) is 12.7 Å². The second-order valence-corrected chi connectivity index (χ2v) is 1.87. The van der Waals surface area contributed by atoms with E-state index in [9.17, 15) is 0 Å². The van der Waals surface area contributed by atoms with E-state index in [1.165, 1.54) is 0 Å². The zero-order chi connectivity index (χ0) is 7.28. The van der Waals surface area contributed by atoms with Crippen LogP contribution < -0.4 is 5.32 Å². The molecule has 0 fully saturated rings. The van der Waals surface area contributed by atoms with Crippen LogP contribution >= 0.6 is 24.0 Å². The van der Waals surface area contributed by atoms with Crippen LogP contribution in [0.5, 0.6) is 0 Å². The largest absolute Gasteiger partial charge is 0.394 e. The molecule has 0 aliphatic rings. The molecule has 0 amide bonds.